The monoisotopic (exact) mass is 569 g/mol. The normalized spacial score (nSPS) is 11.2. The van der Waals surface area contributed by atoms with Gasteiger partial charge in [0.05, 0.1) is 22.6 Å². The molecule has 11 nitrogen and oxygen atoms in total. The lowest BCUT2D eigenvalue weighted by Crippen LogP contribution is -2.21. The van der Waals surface area contributed by atoms with Crippen molar-refractivity contribution in [2.75, 3.05) is 5.73 Å². The topological polar surface area (TPSA) is 209 Å². The van der Waals surface area contributed by atoms with Gasteiger partial charge in [0.25, 0.3) is 6.43 Å². The number of nitrogens with two attached hydrogens (primary N) is 4. The lowest BCUT2D eigenvalue weighted by Gasteiger charge is -2.19. The van der Waals surface area contributed by atoms with Crippen molar-refractivity contribution >= 4 is 11.8 Å². The number of amidine groups is 1. The predicted molar refractivity (Wildman–Crippen MR) is 148 cm³/mol. The van der Waals surface area contributed by atoms with Gasteiger partial charge in [-0.15, -0.1) is 0 Å². The van der Waals surface area contributed by atoms with Crippen LogP contribution in [-0.2, 0) is 12.2 Å². The molecule has 1 aromatic carbocycles. The number of aliphatic hydroxyl groups is 1. The van der Waals surface area contributed by atoms with Gasteiger partial charge in [-0.2, -0.15) is 4.98 Å². The van der Waals surface area contributed by atoms with Gasteiger partial charge in [-0.05, 0) is 74.9 Å². The Kier molecular flexibility index (Phi) is 9.55. The number of aryl methyl sites for hydroxylation is 1. The quantitative estimate of drug-likeness (QED) is 0.0787. The zero-order chi connectivity index (χ0) is 30.5. The van der Waals surface area contributed by atoms with E-state index in [4.69, 9.17) is 21.6 Å². The van der Waals surface area contributed by atoms with Crippen LogP contribution in [0.3, 0.4) is 0 Å². The maximum Gasteiger partial charge on any atom is 0.280 e. The van der Waals surface area contributed by atoms with Crippen molar-refractivity contribution in [1.29, 1.82) is 5.41 Å². The van der Waals surface area contributed by atoms with Gasteiger partial charge in [0, 0.05) is 16.8 Å². The molecule has 0 amide bonds. The highest BCUT2D eigenvalue weighted by Gasteiger charge is 2.23. The van der Waals surface area contributed by atoms with Crippen LogP contribution in [0.1, 0.15) is 48.6 Å². The molecule has 0 aliphatic rings. The number of anilines is 1. The molecule has 0 aliphatic carbocycles. The van der Waals surface area contributed by atoms with E-state index in [9.17, 15) is 18.3 Å². The minimum absolute atomic E-state index is 0.0486. The molecule has 14 heteroatoms. The van der Waals surface area contributed by atoms with Crippen molar-refractivity contribution in [3.63, 3.8) is 0 Å². The van der Waals surface area contributed by atoms with Crippen molar-refractivity contribution in [1.82, 2.24) is 19.9 Å². The number of nitrogens with zero attached hydrogens (tertiary/aromatic N) is 4. The fourth-order valence-electron chi connectivity index (χ4n) is 3.86. The third-order valence-electron chi connectivity index (χ3n) is 5.67. The molecular weight excluding hydrogens is 539 g/mol. The smallest absolute Gasteiger partial charge is 0.280 e. The number of alkyl halides is 2. The Balaban J connectivity index is 0.00000226. The Bertz CT molecular complexity index is 1540. The van der Waals surface area contributed by atoms with Gasteiger partial charge in [0.2, 0.25) is 11.8 Å². The van der Waals surface area contributed by atoms with Crippen molar-refractivity contribution in [3.8, 4) is 28.3 Å². The number of pyridine rings is 2. The average molecular weight is 570 g/mol. The number of hydrazine groups is 1. The van der Waals surface area contributed by atoms with Crippen LogP contribution in [0.25, 0.3) is 22.4 Å². The number of nitrogen functional groups attached to an aromatic ring is 2. The van der Waals surface area contributed by atoms with Crippen LogP contribution in [0, 0.1) is 18.2 Å². The molecule has 0 aliphatic heterocycles. The molecule has 0 spiro atoms. The zero-order valence-corrected chi connectivity index (χ0v) is 22.5. The highest BCUT2D eigenvalue weighted by Crippen LogP contribution is 2.39. The summed E-state index contributed by atoms with van der Waals surface area (Å²) in [4.78, 5) is 16.9. The average Bonchev–Trinajstić information content (AvgIpc) is 2.92. The summed E-state index contributed by atoms with van der Waals surface area (Å²) in [6.45, 7) is 4.44. The zero-order valence-electron chi connectivity index (χ0n) is 22.5. The first kappa shape index (κ1) is 30.9. The van der Waals surface area contributed by atoms with Crippen LogP contribution in [0.15, 0.2) is 48.5 Å². The molecule has 4 rings (SSSR count). The Morgan fingerprint density at radius 2 is 1.66 bits per heavy atom. The maximum atomic E-state index is 13.7. The number of hydrogen-bond donors (Lipinski definition) is 6. The summed E-state index contributed by atoms with van der Waals surface area (Å²) in [7, 11) is 0. The molecule has 0 radical (unpaired) electrons. The molecule has 10 N–H and O–H groups in total. The molecule has 0 atom stereocenters. The number of halogens is 3. The molecule has 41 heavy (non-hydrogen) atoms. The van der Waals surface area contributed by atoms with Crippen molar-refractivity contribution in [3.05, 3.63) is 82.7 Å². The minimum atomic E-state index is -2.84. The number of ether oxygens (including phenoxy) is 1. The standard InChI is InChI=1S/C27H26F3N7O2.H4N2/c1-13-8-15(10-19(34-13)23(29)30)21-22(14-4-6-17(28)7-5-14)36-26(33)37-25(21)39-12-18-9-16(24(31)32)11-20(35-18)27(2,3)38;1-2/h4-11,23,38H,12H2,1-3H3,(H3,31,32)(H2,33,36,37);1-2H2. The Hall–Kier alpha value is -4.66. The van der Waals surface area contributed by atoms with Gasteiger partial charge in [0.15, 0.2) is 0 Å². The summed E-state index contributed by atoms with van der Waals surface area (Å²) in [5, 5.41) is 18.3. The Labute approximate surface area is 233 Å². The lowest BCUT2D eigenvalue weighted by molar-refractivity contribution is 0.0733. The predicted octanol–water partition coefficient (Wildman–Crippen LogP) is 3.48. The summed E-state index contributed by atoms with van der Waals surface area (Å²) >= 11 is 0. The van der Waals surface area contributed by atoms with Crippen LogP contribution in [-0.4, -0.2) is 30.9 Å². The van der Waals surface area contributed by atoms with E-state index in [1.54, 1.807) is 13.0 Å². The van der Waals surface area contributed by atoms with E-state index in [1.165, 1.54) is 56.3 Å². The summed E-state index contributed by atoms with van der Waals surface area (Å²) in [6, 6.07) is 11.2. The van der Waals surface area contributed by atoms with Crippen LogP contribution in [0.5, 0.6) is 5.88 Å². The Morgan fingerprint density at radius 3 is 2.24 bits per heavy atom. The van der Waals surface area contributed by atoms with Gasteiger partial charge in [-0.1, -0.05) is 0 Å². The number of hydrogen-bond acceptors (Lipinski definition) is 10. The second-order valence-electron chi connectivity index (χ2n) is 9.33. The number of nitrogens with one attached hydrogen (secondary N) is 1. The third kappa shape index (κ3) is 7.51. The van der Waals surface area contributed by atoms with Crippen molar-refractivity contribution < 1.29 is 23.0 Å². The highest BCUT2D eigenvalue weighted by atomic mass is 19.3. The second kappa shape index (κ2) is 12.7. The summed E-state index contributed by atoms with van der Waals surface area (Å²) in [5.41, 5.74) is 12.3. The largest absolute Gasteiger partial charge is 0.471 e. The molecule has 0 unspecified atom stereocenters. The van der Waals surface area contributed by atoms with Gasteiger partial charge < -0.3 is 21.3 Å². The first-order chi connectivity index (χ1) is 19.3. The molecule has 0 bridgehead atoms. The Morgan fingerprint density at radius 1 is 1.00 bits per heavy atom. The van der Waals surface area contributed by atoms with Gasteiger partial charge in [0.1, 0.15) is 29.6 Å². The maximum absolute atomic E-state index is 13.7. The van der Waals surface area contributed by atoms with E-state index < -0.39 is 23.5 Å². The van der Waals surface area contributed by atoms with E-state index >= 15 is 0 Å². The minimum Gasteiger partial charge on any atom is -0.471 e. The first-order valence-electron chi connectivity index (χ1n) is 12.1. The highest BCUT2D eigenvalue weighted by molar-refractivity contribution is 5.95. The molecule has 3 heterocycles. The number of aromatic nitrogens is 4. The van der Waals surface area contributed by atoms with Crippen LogP contribution < -0.4 is 27.9 Å². The molecule has 216 valence electrons. The van der Waals surface area contributed by atoms with E-state index in [-0.39, 0.29) is 46.8 Å². The second-order valence-corrected chi connectivity index (χ2v) is 9.33. The number of benzene rings is 1. The van der Waals surface area contributed by atoms with Crippen molar-refractivity contribution in [2.24, 2.45) is 17.4 Å². The van der Waals surface area contributed by atoms with Gasteiger partial charge in [-0.25, -0.2) is 18.2 Å². The van der Waals surface area contributed by atoms with Crippen LogP contribution in [0.4, 0.5) is 19.1 Å². The SMILES string of the molecule is Cc1cc(-c2c(OCc3cc(C(=N)N)cc(C(C)(C)O)n3)nc(N)nc2-c2ccc(F)cc2)cc(C(F)F)n1.NN. The molecule has 0 saturated carbocycles. The summed E-state index contributed by atoms with van der Waals surface area (Å²) < 4.78 is 47.0. The third-order valence-corrected chi connectivity index (χ3v) is 5.67. The molecular formula is C27H30F3N9O2. The fraction of sp³-hybridized carbons (Fsp3) is 0.222. The molecule has 4 aromatic rings. The molecule has 0 saturated heterocycles. The van der Waals surface area contributed by atoms with E-state index in [0.717, 1.165) is 0 Å². The van der Waals surface area contributed by atoms with E-state index in [0.29, 0.717) is 22.5 Å². The van der Waals surface area contributed by atoms with E-state index in [1.807, 2.05) is 0 Å². The first-order valence-corrected chi connectivity index (χ1v) is 12.1. The van der Waals surface area contributed by atoms with Crippen LogP contribution >= 0.6 is 0 Å². The lowest BCUT2D eigenvalue weighted by atomic mass is 9.99. The van der Waals surface area contributed by atoms with Gasteiger partial charge in [-0.3, -0.25) is 27.1 Å². The van der Waals surface area contributed by atoms with E-state index in [2.05, 4.69) is 31.6 Å². The van der Waals surface area contributed by atoms with Crippen LogP contribution in [0.2, 0.25) is 0 Å². The van der Waals surface area contributed by atoms with Gasteiger partial charge >= 0.3 is 0 Å². The number of rotatable bonds is 8. The summed E-state index contributed by atoms with van der Waals surface area (Å²) in [5.74, 6) is 7.07. The summed E-state index contributed by atoms with van der Waals surface area (Å²) in [6.07, 6.45) is -2.84. The van der Waals surface area contributed by atoms with Crippen molar-refractivity contribution in [2.45, 2.75) is 39.4 Å². The molecule has 3 aromatic heterocycles. The fourth-order valence-corrected chi connectivity index (χ4v) is 3.86. The molecule has 0 fully saturated rings.